The molecule has 484 valence electrons. The first-order valence-electron chi connectivity index (χ1n) is 30.8. The molecular weight excluding hydrogens is 1140 g/mol. The first-order valence-corrected chi connectivity index (χ1v) is 30.8. The third-order valence-corrected chi connectivity index (χ3v) is 15.2. The van der Waals surface area contributed by atoms with E-state index in [4.69, 9.17) is 17.2 Å². The lowest BCUT2D eigenvalue weighted by molar-refractivity contribution is -0.142. The smallest absolute Gasteiger partial charge is 0.326 e. The zero-order valence-corrected chi connectivity index (χ0v) is 52.4. The highest BCUT2D eigenvalue weighted by atomic mass is 16.4. The van der Waals surface area contributed by atoms with Gasteiger partial charge in [0.1, 0.15) is 48.3 Å². The Balaban J connectivity index is 1.43. The van der Waals surface area contributed by atoms with Crippen LogP contribution in [0.1, 0.15) is 123 Å². The Labute approximate surface area is 520 Å². The van der Waals surface area contributed by atoms with Crippen molar-refractivity contribution in [1.29, 1.82) is 0 Å². The molecule has 3 aromatic carbocycles. The molecule has 0 fully saturated rings. The van der Waals surface area contributed by atoms with Crippen LogP contribution in [-0.4, -0.2) is 135 Å². The Morgan fingerprint density at radius 3 is 1.30 bits per heavy atom. The third kappa shape index (κ3) is 22.5. The number of unbranched alkanes of at least 4 members (excludes halogenated alkanes) is 1. The molecule has 2 heterocycles. The van der Waals surface area contributed by atoms with Gasteiger partial charge in [0.25, 0.3) is 0 Å². The van der Waals surface area contributed by atoms with Crippen LogP contribution in [0.3, 0.4) is 0 Å². The minimum absolute atomic E-state index is 0.00604. The number of nitrogens with two attached hydrogens (primary N) is 3. The van der Waals surface area contributed by atoms with Gasteiger partial charge in [-0.05, 0) is 97.6 Å². The number of nitrogens with one attached hydrogen (secondary N) is 10. The number of aromatic nitrogens is 2. The van der Waals surface area contributed by atoms with E-state index in [1.165, 1.54) is 0 Å². The minimum atomic E-state index is -1.38. The Bertz CT molecular complexity index is 3200. The number of aliphatic carboxylic acids is 1. The lowest BCUT2D eigenvalue weighted by Crippen LogP contribution is -2.61. The number of amides is 9. The molecule has 0 unspecified atom stereocenters. The van der Waals surface area contributed by atoms with E-state index >= 15 is 0 Å². The number of carboxylic acid groups (broad SMARTS) is 1. The van der Waals surface area contributed by atoms with Crippen molar-refractivity contribution in [2.75, 3.05) is 6.54 Å². The fourth-order valence-electron chi connectivity index (χ4n) is 10.5. The SMILES string of the molecule is CC(C)C[C@H](NC(=O)[C@H](Cc1ccccc1)NC(=O)[C@H](CC(C)C)NC(=O)[C@H](Cc1c[nH]c2ccccc12)NC(=O)[C@@H](NC(=O)[C@H](CC(C)C)NC(=O)[C@H](Cc1c[nH]c2ccccc12)NC(=O)[C@H](CCC(N)=O)NC(=O)[C@@H](N)CCCCN)C(C)C)C(=O)O. The normalized spacial score (nSPS) is 14.6. The number of rotatable bonds is 37. The number of primary amides is 1. The molecule has 24 nitrogen and oxygen atoms in total. The van der Waals surface area contributed by atoms with Crippen LogP contribution in [0, 0.1) is 23.7 Å². The van der Waals surface area contributed by atoms with Gasteiger partial charge in [0.2, 0.25) is 53.2 Å². The molecular formula is C65H93N13O11. The summed E-state index contributed by atoms with van der Waals surface area (Å²) in [6.07, 6.45) is 4.43. The molecule has 0 saturated carbocycles. The van der Waals surface area contributed by atoms with Crippen molar-refractivity contribution >= 4 is 80.9 Å². The molecule has 5 rings (SSSR count). The summed E-state index contributed by atoms with van der Waals surface area (Å²) in [6.45, 7) is 14.8. The fraction of sp³-hybridized carbons (Fsp3) is 0.508. The predicted octanol–water partition coefficient (Wildman–Crippen LogP) is 3.16. The van der Waals surface area contributed by atoms with Crippen molar-refractivity contribution in [3.05, 3.63) is 108 Å². The van der Waals surface area contributed by atoms with Gasteiger partial charge in [0.05, 0.1) is 6.04 Å². The minimum Gasteiger partial charge on any atom is -0.480 e. The molecule has 0 radical (unpaired) electrons. The number of H-pyrrole nitrogens is 2. The number of benzene rings is 3. The van der Waals surface area contributed by atoms with Crippen molar-refractivity contribution in [2.24, 2.45) is 40.9 Å². The van der Waals surface area contributed by atoms with Gasteiger partial charge in [-0.15, -0.1) is 0 Å². The van der Waals surface area contributed by atoms with Crippen LogP contribution in [0.25, 0.3) is 21.8 Å². The summed E-state index contributed by atoms with van der Waals surface area (Å²) in [6, 6.07) is 12.1. The monoisotopic (exact) mass is 1230 g/mol. The van der Waals surface area contributed by atoms with Crippen molar-refractivity contribution in [1.82, 2.24) is 52.5 Å². The van der Waals surface area contributed by atoms with Crippen LogP contribution in [0.4, 0.5) is 0 Å². The van der Waals surface area contributed by atoms with E-state index in [-0.39, 0.29) is 75.5 Å². The average Bonchev–Trinajstić information content (AvgIpc) is 3.82. The van der Waals surface area contributed by atoms with Crippen LogP contribution in [0.15, 0.2) is 91.3 Å². The molecule has 17 N–H and O–H groups in total. The molecule has 0 aliphatic heterocycles. The van der Waals surface area contributed by atoms with Gasteiger partial charge >= 0.3 is 5.97 Å². The average molecular weight is 1230 g/mol. The van der Waals surface area contributed by atoms with Crippen LogP contribution >= 0.6 is 0 Å². The molecule has 89 heavy (non-hydrogen) atoms. The van der Waals surface area contributed by atoms with Gasteiger partial charge in [0, 0.05) is 59.9 Å². The number of carbonyl (C=O) groups excluding carboxylic acids is 9. The Hall–Kier alpha value is -8.64. The number of carbonyl (C=O) groups is 10. The van der Waals surface area contributed by atoms with Gasteiger partial charge < -0.3 is 74.8 Å². The number of hydrogen-bond acceptors (Lipinski definition) is 12. The quantitative estimate of drug-likeness (QED) is 0.0255. The van der Waals surface area contributed by atoms with Crippen molar-refractivity contribution in [3.63, 3.8) is 0 Å². The van der Waals surface area contributed by atoms with Gasteiger partial charge in [0.15, 0.2) is 0 Å². The summed E-state index contributed by atoms with van der Waals surface area (Å²) in [5.41, 5.74) is 20.7. The molecule has 9 atom stereocenters. The highest BCUT2D eigenvalue weighted by Crippen LogP contribution is 2.22. The van der Waals surface area contributed by atoms with Gasteiger partial charge in [-0.1, -0.05) is 129 Å². The molecule has 0 aliphatic rings. The number of hydrogen-bond donors (Lipinski definition) is 14. The summed E-state index contributed by atoms with van der Waals surface area (Å²) >= 11 is 0. The number of carboxylic acids is 1. The second kappa shape index (κ2) is 34.8. The first kappa shape index (κ1) is 71.1. The Morgan fingerprint density at radius 2 is 0.843 bits per heavy atom. The van der Waals surface area contributed by atoms with Crippen molar-refractivity contribution in [2.45, 2.75) is 180 Å². The maximum atomic E-state index is 14.9. The van der Waals surface area contributed by atoms with E-state index in [0.29, 0.717) is 36.1 Å². The van der Waals surface area contributed by atoms with Crippen LogP contribution in [0.5, 0.6) is 0 Å². The third-order valence-electron chi connectivity index (χ3n) is 15.2. The van der Waals surface area contributed by atoms with E-state index < -0.39 is 119 Å². The highest BCUT2D eigenvalue weighted by Gasteiger charge is 2.37. The zero-order chi connectivity index (χ0) is 65.5. The standard InChI is InChI=1S/C65H93N13O11/c1-36(2)28-49(59(82)74-51(31-40-18-10-9-11-19-40)60(83)77-54(65(88)89)30-38(5)6)72-62(85)53(33-42-35-70-47-24-15-13-21-44(42)47)76-64(87)56(39(7)8)78-63(86)50(29-37(3)4)73-61(84)52(32-41-34-69-46-23-14-12-20-43(41)46)75-58(81)48(25-26-55(68)79)71-57(80)45(67)22-16-17-27-66/h9-15,18-21,23-24,34-39,45,48-54,56,69-70H,16-17,22,25-33,66-67H2,1-8H3,(H2,68,79)(H,71,80)(H,72,85)(H,73,84)(H,74,82)(H,75,81)(H,76,87)(H,77,83)(H,78,86)(H,88,89)/t45-,48-,49-,50-,51-,52-,53-,54-,56-/m0/s1. The Kier molecular flexibility index (Phi) is 27.8. The fourth-order valence-corrected chi connectivity index (χ4v) is 10.5. The lowest BCUT2D eigenvalue weighted by atomic mass is 9.97. The molecule has 0 spiro atoms. The second-order valence-electron chi connectivity index (χ2n) is 24.6. The maximum Gasteiger partial charge on any atom is 0.326 e. The van der Waals surface area contributed by atoms with E-state index in [0.717, 1.165) is 21.8 Å². The summed E-state index contributed by atoms with van der Waals surface area (Å²) in [7, 11) is 0. The summed E-state index contributed by atoms with van der Waals surface area (Å²) < 4.78 is 0. The van der Waals surface area contributed by atoms with Crippen molar-refractivity contribution in [3.8, 4) is 0 Å². The molecule has 24 heteroatoms. The van der Waals surface area contributed by atoms with Crippen LogP contribution < -0.4 is 59.7 Å². The van der Waals surface area contributed by atoms with Crippen LogP contribution in [0.2, 0.25) is 0 Å². The Morgan fingerprint density at radius 1 is 0.449 bits per heavy atom. The van der Waals surface area contributed by atoms with Gasteiger partial charge in [-0.2, -0.15) is 0 Å². The predicted molar refractivity (Wildman–Crippen MR) is 340 cm³/mol. The van der Waals surface area contributed by atoms with E-state index in [2.05, 4.69) is 52.5 Å². The van der Waals surface area contributed by atoms with E-state index in [9.17, 15) is 53.1 Å². The molecule has 0 saturated heterocycles. The topological polar surface area (TPSA) is 397 Å². The number of para-hydroxylation sites is 2. The van der Waals surface area contributed by atoms with Gasteiger partial charge in [-0.3, -0.25) is 43.2 Å². The highest BCUT2D eigenvalue weighted by molar-refractivity contribution is 5.99. The summed E-state index contributed by atoms with van der Waals surface area (Å²) in [5, 5.41) is 33.7. The maximum absolute atomic E-state index is 14.9. The summed E-state index contributed by atoms with van der Waals surface area (Å²) in [5.74, 6) is -9.08. The van der Waals surface area contributed by atoms with E-state index in [1.54, 1.807) is 56.6 Å². The van der Waals surface area contributed by atoms with Crippen LogP contribution in [-0.2, 0) is 67.2 Å². The van der Waals surface area contributed by atoms with Gasteiger partial charge in [-0.25, -0.2) is 4.79 Å². The molecule has 2 aromatic heterocycles. The lowest BCUT2D eigenvalue weighted by Gasteiger charge is -2.30. The summed E-state index contributed by atoms with van der Waals surface area (Å²) in [4.78, 5) is 146. The molecule has 9 amide bonds. The largest absolute Gasteiger partial charge is 0.480 e. The molecule has 0 bridgehead atoms. The molecule has 0 aliphatic carbocycles. The number of aromatic amines is 2. The molecule has 5 aromatic rings. The van der Waals surface area contributed by atoms with E-state index in [1.807, 2.05) is 90.1 Å². The second-order valence-corrected chi connectivity index (χ2v) is 24.6. The van der Waals surface area contributed by atoms with Crippen molar-refractivity contribution < 1.29 is 53.1 Å². The zero-order valence-electron chi connectivity index (χ0n) is 52.4. The first-order chi connectivity index (χ1) is 42.2. The number of fused-ring (bicyclic) bond motifs is 2.